The second-order valence-corrected chi connectivity index (χ2v) is 4.41. The van der Waals surface area contributed by atoms with Crippen LogP contribution in [-0.4, -0.2) is 44.0 Å². The van der Waals surface area contributed by atoms with Gasteiger partial charge in [0.15, 0.2) is 0 Å². The van der Waals surface area contributed by atoms with Crippen molar-refractivity contribution in [3.63, 3.8) is 0 Å². The molecule has 94 valence electrons. The standard InChI is InChI=1S/C11H19F2NO2/c1-14-7-5-9(3-4-10(15)16-2)11(12,13)6-8-14/h9H,3-8H2,1-2H3. The average molecular weight is 235 g/mol. The molecule has 3 nitrogen and oxygen atoms in total. The van der Waals surface area contributed by atoms with E-state index in [0.717, 1.165) is 0 Å². The minimum Gasteiger partial charge on any atom is -0.469 e. The van der Waals surface area contributed by atoms with Gasteiger partial charge in [0.05, 0.1) is 7.11 Å². The molecule has 0 aromatic carbocycles. The molecule has 0 aromatic rings. The van der Waals surface area contributed by atoms with E-state index in [1.165, 1.54) is 7.11 Å². The van der Waals surface area contributed by atoms with Gasteiger partial charge >= 0.3 is 5.97 Å². The van der Waals surface area contributed by atoms with E-state index in [1.54, 1.807) is 0 Å². The van der Waals surface area contributed by atoms with Crippen LogP contribution in [0.5, 0.6) is 0 Å². The molecule has 0 bridgehead atoms. The molecule has 1 heterocycles. The molecule has 1 rings (SSSR count). The Morgan fingerprint density at radius 2 is 2.19 bits per heavy atom. The first-order chi connectivity index (χ1) is 7.45. The molecule has 0 spiro atoms. The summed E-state index contributed by atoms with van der Waals surface area (Å²) < 4.78 is 31.8. The lowest BCUT2D eigenvalue weighted by Crippen LogP contribution is -2.28. The van der Waals surface area contributed by atoms with Crippen LogP contribution in [0.1, 0.15) is 25.7 Å². The summed E-state index contributed by atoms with van der Waals surface area (Å²) in [4.78, 5) is 12.8. The lowest BCUT2D eigenvalue weighted by Gasteiger charge is -2.23. The molecule has 0 amide bonds. The zero-order valence-electron chi connectivity index (χ0n) is 9.84. The lowest BCUT2D eigenvalue weighted by molar-refractivity contribution is -0.141. The number of hydrogen-bond acceptors (Lipinski definition) is 3. The summed E-state index contributed by atoms with van der Waals surface area (Å²) >= 11 is 0. The van der Waals surface area contributed by atoms with Gasteiger partial charge in [-0.25, -0.2) is 8.78 Å². The van der Waals surface area contributed by atoms with E-state index < -0.39 is 17.8 Å². The second kappa shape index (κ2) is 5.57. The van der Waals surface area contributed by atoms with Crippen molar-refractivity contribution in [2.45, 2.75) is 31.6 Å². The highest BCUT2D eigenvalue weighted by Gasteiger charge is 2.40. The minimum atomic E-state index is -2.65. The van der Waals surface area contributed by atoms with Gasteiger partial charge in [0.2, 0.25) is 0 Å². The summed E-state index contributed by atoms with van der Waals surface area (Å²) in [5.41, 5.74) is 0. The van der Waals surface area contributed by atoms with Gasteiger partial charge in [-0.3, -0.25) is 4.79 Å². The zero-order chi connectivity index (χ0) is 12.2. The molecule has 0 N–H and O–H groups in total. The number of ether oxygens (including phenoxy) is 1. The molecule has 1 atom stereocenters. The molecule has 5 heteroatoms. The molecule has 0 radical (unpaired) electrons. The van der Waals surface area contributed by atoms with Crippen molar-refractivity contribution in [1.82, 2.24) is 4.90 Å². The van der Waals surface area contributed by atoms with E-state index >= 15 is 0 Å². The SMILES string of the molecule is COC(=O)CCC1CCN(C)CCC1(F)F. The number of alkyl halides is 2. The summed E-state index contributed by atoms with van der Waals surface area (Å²) in [7, 11) is 3.13. The van der Waals surface area contributed by atoms with E-state index in [1.807, 2.05) is 11.9 Å². The number of halogens is 2. The van der Waals surface area contributed by atoms with Crippen LogP contribution >= 0.6 is 0 Å². The van der Waals surface area contributed by atoms with Gasteiger partial charge in [-0.05, 0) is 26.4 Å². The van der Waals surface area contributed by atoms with E-state index in [4.69, 9.17) is 0 Å². The third kappa shape index (κ3) is 3.70. The maximum Gasteiger partial charge on any atom is 0.305 e. The average Bonchev–Trinajstić information content (AvgIpc) is 2.36. The Balaban J connectivity index is 2.51. The summed E-state index contributed by atoms with van der Waals surface area (Å²) in [5.74, 6) is -3.76. The summed E-state index contributed by atoms with van der Waals surface area (Å²) in [5, 5.41) is 0. The number of hydrogen-bond donors (Lipinski definition) is 0. The van der Waals surface area contributed by atoms with E-state index in [0.29, 0.717) is 19.5 Å². The fourth-order valence-electron chi connectivity index (χ4n) is 1.99. The molecular formula is C11H19F2NO2. The Kier molecular flexibility index (Phi) is 4.65. The highest BCUT2D eigenvalue weighted by Crippen LogP contribution is 2.36. The van der Waals surface area contributed by atoms with Crippen LogP contribution < -0.4 is 0 Å². The first kappa shape index (κ1) is 13.4. The normalized spacial score (nSPS) is 26.1. The third-order valence-electron chi connectivity index (χ3n) is 3.21. The molecule has 0 saturated carbocycles. The molecule has 1 aliphatic rings. The third-order valence-corrected chi connectivity index (χ3v) is 3.21. The predicted molar refractivity (Wildman–Crippen MR) is 56.4 cm³/mol. The molecule has 1 fully saturated rings. The maximum absolute atomic E-state index is 13.7. The fourth-order valence-corrected chi connectivity index (χ4v) is 1.99. The van der Waals surface area contributed by atoms with Gasteiger partial charge in [0.25, 0.3) is 5.92 Å². The van der Waals surface area contributed by atoms with Crippen LogP contribution in [-0.2, 0) is 9.53 Å². The van der Waals surface area contributed by atoms with Crippen LogP contribution in [0.15, 0.2) is 0 Å². The largest absolute Gasteiger partial charge is 0.469 e. The van der Waals surface area contributed by atoms with Crippen LogP contribution in [0.3, 0.4) is 0 Å². The molecule has 16 heavy (non-hydrogen) atoms. The topological polar surface area (TPSA) is 29.5 Å². The molecule has 0 aromatic heterocycles. The predicted octanol–water partition coefficient (Wildman–Crippen LogP) is 1.92. The number of likely N-dealkylation sites (tertiary alicyclic amines) is 1. The molecule has 1 unspecified atom stereocenters. The Labute approximate surface area is 94.7 Å². The van der Waals surface area contributed by atoms with E-state index in [9.17, 15) is 13.6 Å². The number of carbonyl (C=O) groups excluding carboxylic acids is 1. The van der Waals surface area contributed by atoms with Crippen molar-refractivity contribution in [3.8, 4) is 0 Å². The van der Waals surface area contributed by atoms with E-state index in [2.05, 4.69) is 4.74 Å². The van der Waals surface area contributed by atoms with Crippen molar-refractivity contribution in [3.05, 3.63) is 0 Å². The van der Waals surface area contributed by atoms with Gasteiger partial charge < -0.3 is 9.64 Å². The van der Waals surface area contributed by atoms with Gasteiger partial charge in [-0.2, -0.15) is 0 Å². The Hall–Kier alpha value is -0.710. The van der Waals surface area contributed by atoms with Gasteiger partial charge in [0, 0.05) is 25.3 Å². The maximum atomic E-state index is 13.7. The van der Waals surface area contributed by atoms with Crippen LogP contribution in [0.4, 0.5) is 8.78 Å². The van der Waals surface area contributed by atoms with Gasteiger partial charge in [0.1, 0.15) is 0 Å². The van der Waals surface area contributed by atoms with Crippen molar-refractivity contribution in [2.75, 3.05) is 27.2 Å². The zero-order valence-corrected chi connectivity index (χ0v) is 9.84. The lowest BCUT2D eigenvalue weighted by atomic mass is 9.91. The Bertz CT molecular complexity index is 246. The Morgan fingerprint density at radius 3 is 2.81 bits per heavy atom. The first-order valence-electron chi connectivity index (χ1n) is 5.59. The van der Waals surface area contributed by atoms with Crippen molar-refractivity contribution in [2.24, 2.45) is 5.92 Å². The number of methoxy groups -OCH3 is 1. The monoisotopic (exact) mass is 235 g/mol. The highest BCUT2D eigenvalue weighted by atomic mass is 19.3. The Morgan fingerprint density at radius 1 is 1.50 bits per heavy atom. The second-order valence-electron chi connectivity index (χ2n) is 4.41. The summed E-state index contributed by atoms with van der Waals surface area (Å²) in [6.45, 7) is 1.09. The highest BCUT2D eigenvalue weighted by molar-refractivity contribution is 5.69. The van der Waals surface area contributed by atoms with E-state index in [-0.39, 0.29) is 19.3 Å². The van der Waals surface area contributed by atoms with Crippen LogP contribution in [0.25, 0.3) is 0 Å². The van der Waals surface area contributed by atoms with Crippen molar-refractivity contribution in [1.29, 1.82) is 0 Å². The molecular weight excluding hydrogens is 216 g/mol. The van der Waals surface area contributed by atoms with Gasteiger partial charge in [-0.1, -0.05) is 0 Å². The smallest absolute Gasteiger partial charge is 0.305 e. The molecule has 1 saturated heterocycles. The van der Waals surface area contributed by atoms with Gasteiger partial charge in [-0.15, -0.1) is 0 Å². The summed E-state index contributed by atoms with van der Waals surface area (Å²) in [6.07, 6.45) is 0.629. The number of rotatable bonds is 3. The number of carbonyl (C=O) groups is 1. The molecule has 0 aliphatic carbocycles. The number of esters is 1. The fraction of sp³-hybridized carbons (Fsp3) is 0.909. The first-order valence-corrected chi connectivity index (χ1v) is 5.59. The summed E-state index contributed by atoms with van der Waals surface area (Å²) in [6, 6.07) is 0. The van der Waals surface area contributed by atoms with Crippen LogP contribution in [0.2, 0.25) is 0 Å². The minimum absolute atomic E-state index is 0.0838. The quantitative estimate of drug-likeness (QED) is 0.700. The van der Waals surface area contributed by atoms with Crippen molar-refractivity contribution < 1.29 is 18.3 Å². The van der Waals surface area contributed by atoms with Crippen LogP contribution in [0, 0.1) is 5.92 Å². The van der Waals surface area contributed by atoms with Crippen molar-refractivity contribution >= 4 is 5.97 Å². The number of nitrogens with zero attached hydrogens (tertiary/aromatic N) is 1. The molecule has 1 aliphatic heterocycles.